The summed E-state index contributed by atoms with van der Waals surface area (Å²) in [6.45, 7) is 5.61. The molecule has 0 aliphatic heterocycles. The number of benzene rings is 1. The second kappa shape index (κ2) is 6.18. The highest BCUT2D eigenvalue weighted by Gasteiger charge is 2.20. The summed E-state index contributed by atoms with van der Waals surface area (Å²) in [5.41, 5.74) is 0. The average Bonchev–Trinajstić information content (AvgIpc) is 2.81. The first-order chi connectivity index (χ1) is 9.47. The van der Waals surface area contributed by atoms with Crippen molar-refractivity contribution in [2.75, 3.05) is 0 Å². The highest BCUT2D eigenvalue weighted by atomic mass is 32.1. The van der Waals surface area contributed by atoms with Crippen LogP contribution in [0.2, 0.25) is 0 Å². The van der Waals surface area contributed by atoms with Crippen LogP contribution >= 0.6 is 11.3 Å². The maximum absolute atomic E-state index is 12.3. The van der Waals surface area contributed by atoms with Gasteiger partial charge in [-0.25, -0.2) is 0 Å². The van der Waals surface area contributed by atoms with Crippen LogP contribution in [0.5, 0.6) is 0 Å². The van der Waals surface area contributed by atoms with Crippen molar-refractivity contribution >= 4 is 33.1 Å². The first kappa shape index (κ1) is 14.7. The van der Waals surface area contributed by atoms with Gasteiger partial charge in [0.15, 0.2) is 5.78 Å². The zero-order chi connectivity index (χ0) is 14.7. The number of fused-ring (bicyclic) bond motifs is 1. The van der Waals surface area contributed by atoms with E-state index in [2.05, 4.69) is 5.32 Å². The van der Waals surface area contributed by atoms with Crippen LogP contribution < -0.4 is 5.32 Å². The predicted molar refractivity (Wildman–Crippen MR) is 83.2 cm³/mol. The highest BCUT2D eigenvalue weighted by molar-refractivity contribution is 7.20. The van der Waals surface area contributed by atoms with E-state index >= 15 is 0 Å². The third-order valence-corrected chi connectivity index (χ3v) is 4.27. The fraction of sp³-hybridized carbons (Fsp3) is 0.375. The first-order valence-electron chi connectivity index (χ1n) is 6.77. The number of thiophene rings is 1. The standard InChI is InChI=1S/C16H19NO2S/c1-10(2)8-13(11(3)18)17-16(19)15-9-12-6-4-5-7-14(12)20-15/h4-7,9-10,13H,8H2,1-3H3,(H,17,19)/t13-/m0/s1. The van der Waals surface area contributed by atoms with Gasteiger partial charge in [0.25, 0.3) is 5.91 Å². The van der Waals surface area contributed by atoms with Gasteiger partial charge < -0.3 is 5.32 Å². The van der Waals surface area contributed by atoms with Gasteiger partial charge in [-0.15, -0.1) is 11.3 Å². The molecule has 0 saturated carbocycles. The number of hydrogen-bond acceptors (Lipinski definition) is 3. The van der Waals surface area contributed by atoms with Crippen molar-refractivity contribution in [3.8, 4) is 0 Å². The number of nitrogens with one attached hydrogen (secondary N) is 1. The van der Waals surface area contributed by atoms with Gasteiger partial charge in [-0.3, -0.25) is 9.59 Å². The van der Waals surface area contributed by atoms with E-state index in [1.807, 2.05) is 44.2 Å². The van der Waals surface area contributed by atoms with Crippen molar-refractivity contribution in [1.82, 2.24) is 5.32 Å². The van der Waals surface area contributed by atoms with Gasteiger partial charge in [0.2, 0.25) is 0 Å². The largest absolute Gasteiger partial charge is 0.342 e. The Bertz CT molecular complexity index is 597. The van der Waals surface area contributed by atoms with Crippen molar-refractivity contribution in [2.24, 2.45) is 5.92 Å². The van der Waals surface area contributed by atoms with Gasteiger partial charge in [0.05, 0.1) is 10.9 Å². The van der Waals surface area contributed by atoms with Crippen molar-refractivity contribution in [3.63, 3.8) is 0 Å². The maximum Gasteiger partial charge on any atom is 0.261 e. The molecule has 2 rings (SSSR count). The Morgan fingerprint density at radius 2 is 1.95 bits per heavy atom. The Morgan fingerprint density at radius 3 is 2.55 bits per heavy atom. The zero-order valence-electron chi connectivity index (χ0n) is 12.0. The molecular weight excluding hydrogens is 270 g/mol. The summed E-state index contributed by atoms with van der Waals surface area (Å²) in [5.74, 6) is 0.215. The molecule has 1 amide bonds. The van der Waals surface area contributed by atoms with Crippen LogP contribution in [0.4, 0.5) is 0 Å². The third-order valence-electron chi connectivity index (χ3n) is 3.15. The van der Waals surface area contributed by atoms with E-state index < -0.39 is 6.04 Å². The van der Waals surface area contributed by atoms with Crippen molar-refractivity contribution in [2.45, 2.75) is 33.2 Å². The Balaban J connectivity index is 2.15. The van der Waals surface area contributed by atoms with E-state index in [4.69, 9.17) is 0 Å². The molecule has 0 fully saturated rings. The maximum atomic E-state index is 12.3. The molecule has 2 aromatic rings. The molecule has 0 aliphatic rings. The summed E-state index contributed by atoms with van der Waals surface area (Å²) >= 11 is 1.45. The van der Waals surface area contributed by atoms with Crippen LogP contribution in [0.15, 0.2) is 30.3 Å². The number of hydrogen-bond donors (Lipinski definition) is 1. The summed E-state index contributed by atoms with van der Waals surface area (Å²) in [5, 5.41) is 3.91. The molecule has 1 aromatic heterocycles. The molecule has 20 heavy (non-hydrogen) atoms. The van der Waals surface area contributed by atoms with Crippen LogP contribution in [-0.2, 0) is 4.79 Å². The summed E-state index contributed by atoms with van der Waals surface area (Å²) in [4.78, 5) is 24.5. The number of carbonyl (C=O) groups is 2. The number of carbonyl (C=O) groups excluding carboxylic acids is 2. The topological polar surface area (TPSA) is 46.2 Å². The minimum atomic E-state index is -0.396. The molecule has 3 nitrogen and oxygen atoms in total. The number of amides is 1. The van der Waals surface area contributed by atoms with Gasteiger partial charge in [0.1, 0.15) is 0 Å². The molecule has 0 unspecified atom stereocenters. The van der Waals surface area contributed by atoms with Gasteiger partial charge in [-0.2, -0.15) is 0 Å². The second-order valence-corrected chi connectivity index (χ2v) is 6.50. The van der Waals surface area contributed by atoms with Crippen LogP contribution in [0.25, 0.3) is 10.1 Å². The zero-order valence-corrected chi connectivity index (χ0v) is 12.8. The number of ketones is 1. The van der Waals surface area contributed by atoms with Gasteiger partial charge in [-0.1, -0.05) is 32.0 Å². The normalized spacial score (nSPS) is 12.6. The van der Waals surface area contributed by atoms with Gasteiger partial charge in [0, 0.05) is 4.70 Å². The molecule has 0 radical (unpaired) electrons. The summed E-state index contributed by atoms with van der Waals surface area (Å²) in [7, 11) is 0. The molecule has 0 saturated heterocycles. The molecule has 106 valence electrons. The van der Waals surface area contributed by atoms with E-state index in [9.17, 15) is 9.59 Å². The molecule has 1 aromatic carbocycles. The number of rotatable bonds is 5. The smallest absolute Gasteiger partial charge is 0.261 e. The van der Waals surface area contributed by atoms with E-state index in [0.717, 1.165) is 10.1 Å². The molecule has 1 heterocycles. The first-order valence-corrected chi connectivity index (χ1v) is 7.59. The SMILES string of the molecule is CC(=O)[C@H](CC(C)C)NC(=O)c1cc2ccccc2s1. The van der Waals surface area contributed by atoms with Crippen molar-refractivity contribution in [3.05, 3.63) is 35.2 Å². The predicted octanol–water partition coefficient (Wildman–Crippen LogP) is 3.63. The fourth-order valence-corrected chi connectivity index (χ4v) is 3.09. The van der Waals surface area contributed by atoms with Crippen LogP contribution in [-0.4, -0.2) is 17.7 Å². The lowest BCUT2D eigenvalue weighted by atomic mass is 10.0. The highest BCUT2D eigenvalue weighted by Crippen LogP contribution is 2.25. The number of Topliss-reactive ketones (excluding diaryl/α,β-unsaturated/α-hetero) is 1. The second-order valence-electron chi connectivity index (χ2n) is 5.41. The summed E-state index contributed by atoms with van der Waals surface area (Å²) in [6, 6.07) is 9.37. The van der Waals surface area contributed by atoms with Crippen LogP contribution in [0, 0.1) is 5.92 Å². The van der Waals surface area contributed by atoms with Crippen molar-refractivity contribution in [1.29, 1.82) is 0 Å². The lowest BCUT2D eigenvalue weighted by Crippen LogP contribution is -2.40. The molecule has 0 bridgehead atoms. The van der Waals surface area contributed by atoms with Crippen LogP contribution in [0.1, 0.15) is 36.9 Å². The Morgan fingerprint density at radius 1 is 1.25 bits per heavy atom. The minimum absolute atomic E-state index is 0.00756. The Hall–Kier alpha value is -1.68. The average molecular weight is 289 g/mol. The lowest BCUT2D eigenvalue weighted by molar-refractivity contribution is -0.119. The molecule has 1 N–H and O–H groups in total. The van der Waals surface area contributed by atoms with E-state index in [0.29, 0.717) is 17.2 Å². The van der Waals surface area contributed by atoms with E-state index in [-0.39, 0.29) is 11.7 Å². The molecule has 0 aliphatic carbocycles. The fourth-order valence-electron chi connectivity index (χ4n) is 2.12. The molecule has 1 atom stereocenters. The quantitative estimate of drug-likeness (QED) is 0.913. The van der Waals surface area contributed by atoms with Gasteiger partial charge in [-0.05, 0) is 36.8 Å². The molecule has 4 heteroatoms. The Kier molecular flexibility index (Phi) is 4.55. The van der Waals surface area contributed by atoms with Gasteiger partial charge >= 0.3 is 0 Å². The van der Waals surface area contributed by atoms with Crippen LogP contribution in [0.3, 0.4) is 0 Å². The van der Waals surface area contributed by atoms with E-state index in [1.54, 1.807) is 0 Å². The minimum Gasteiger partial charge on any atom is -0.342 e. The monoisotopic (exact) mass is 289 g/mol. The van der Waals surface area contributed by atoms with Crippen molar-refractivity contribution < 1.29 is 9.59 Å². The lowest BCUT2D eigenvalue weighted by Gasteiger charge is -2.17. The Labute approximate surface area is 123 Å². The van der Waals surface area contributed by atoms with E-state index in [1.165, 1.54) is 18.3 Å². The summed E-state index contributed by atoms with van der Waals surface area (Å²) in [6.07, 6.45) is 0.673. The summed E-state index contributed by atoms with van der Waals surface area (Å²) < 4.78 is 1.08. The molecular formula is C16H19NO2S. The third kappa shape index (κ3) is 3.45. The molecule has 0 spiro atoms.